The molecule has 10 heavy (non-hydrogen) atoms. The van der Waals surface area contributed by atoms with Crippen LogP contribution in [0.3, 0.4) is 0 Å². The fourth-order valence-electron chi connectivity index (χ4n) is 0.535. The Morgan fingerprint density at radius 1 is 1.50 bits per heavy atom. The first-order valence-electron chi connectivity index (χ1n) is 3.06. The summed E-state index contributed by atoms with van der Waals surface area (Å²) in [5.74, 6) is -2.07. The summed E-state index contributed by atoms with van der Waals surface area (Å²) in [5.41, 5.74) is -0.199. The van der Waals surface area contributed by atoms with Crippen molar-refractivity contribution in [2.45, 2.75) is 20.8 Å². The first-order chi connectivity index (χ1) is 4.46. The molecule has 1 N–H and O–H groups in total. The van der Waals surface area contributed by atoms with Gasteiger partial charge in [0.05, 0.1) is 5.57 Å². The molecule has 0 bridgehead atoms. The Hall–Kier alpha value is -0.860. The third-order valence-corrected chi connectivity index (χ3v) is 1.19. The summed E-state index contributed by atoms with van der Waals surface area (Å²) in [4.78, 5) is 10.1. The van der Waals surface area contributed by atoms with E-state index in [4.69, 9.17) is 5.11 Å². The highest BCUT2D eigenvalue weighted by Crippen LogP contribution is 2.15. The summed E-state index contributed by atoms with van der Waals surface area (Å²) >= 11 is 0. The second kappa shape index (κ2) is 3.34. The molecule has 0 fully saturated rings. The maximum Gasteiger partial charge on any atom is 0.333 e. The standard InChI is InChI=1S/C7H11FO2/c1-4(2)6(8)5(3)7(9)10/h4H,1-3H3,(H,9,10)/b6-5-. The number of hydrogen-bond acceptors (Lipinski definition) is 1. The summed E-state index contributed by atoms with van der Waals surface area (Å²) in [6, 6.07) is 0. The Labute approximate surface area is 59.4 Å². The van der Waals surface area contributed by atoms with E-state index in [2.05, 4.69) is 0 Å². The number of hydrogen-bond donors (Lipinski definition) is 1. The molecule has 0 aliphatic carbocycles. The summed E-state index contributed by atoms with van der Waals surface area (Å²) in [5, 5.41) is 8.30. The molecule has 0 aromatic heterocycles. The zero-order chi connectivity index (χ0) is 8.31. The van der Waals surface area contributed by atoms with Gasteiger partial charge in [0.25, 0.3) is 0 Å². The molecular formula is C7H11FO2. The van der Waals surface area contributed by atoms with Crippen LogP contribution in [0, 0.1) is 5.92 Å². The lowest BCUT2D eigenvalue weighted by atomic mass is 10.1. The van der Waals surface area contributed by atoms with Crippen LogP contribution in [0.1, 0.15) is 20.8 Å². The summed E-state index contributed by atoms with van der Waals surface area (Å²) < 4.78 is 12.7. The van der Waals surface area contributed by atoms with E-state index in [9.17, 15) is 9.18 Å². The zero-order valence-corrected chi connectivity index (χ0v) is 6.31. The van der Waals surface area contributed by atoms with Gasteiger partial charge in [0.15, 0.2) is 0 Å². The molecular weight excluding hydrogens is 135 g/mol. The predicted molar refractivity (Wildman–Crippen MR) is 36.3 cm³/mol. The first kappa shape index (κ1) is 9.14. The average molecular weight is 146 g/mol. The number of carboxylic acid groups (broad SMARTS) is 1. The molecule has 0 aromatic rings. The van der Waals surface area contributed by atoms with Crippen molar-refractivity contribution in [2.24, 2.45) is 5.92 Å². The highest BCUT2D eigenvalue weighted by atomic mass is 19.1. The number of aliphatic carboxylic acids is 1. The first-order valence-corrected chi connectivity index (χ1v) is 3.06. The van der Waals surface area contributed by atoms with Crippen molar-refractivity contribution in [2.75, 3.05) is 0 Å². The quantitative estimate of drug-likeness (QED) is 0.605. The molecule has 0 unspecified atom stereocenters. The van der Waals surface area contributed by atoms with Gasteiger partial charge in [-0.3, -0.25) is 0 Å². The fourth-order valence-corrected chi connectivity index (χ4v) is 0.535. The summed E-state index contributed by atoms with van der Waals surface area (Å²) in [6.45, 7) is 4.49. The molecule has 0 rings (SSSR count). The topological polar surface area (TPSA) is 37.3 Å². The highest BCUT2D eigenvalue weighted by molar-refractivity contribution is 5.86. The molecule has 0 aliphatic rings. The van der Waals surface area contributed by atoms with Gasteiger partial charge in [-0.15, -0.1) is 0 Å². The SMILES string of the molecule is C/C(C(=O)O)=C(/F)C(C)C. The van der Waals surface area contributed by atoms with Crippen molar-refractivity contribution in [3.63, 3.8) is 0 Å². The van der Waals surface area contributed by atoms with E-state index in [1.165, 1.54) is 6.92 Å². The van der Waals surface area contributed by atoms with E-state index in [1.54, 1.807) is 13.8 Å². The van der Waals surface area contributed by atoms with Crippen molar-refractivity contribution < 1.29 is 14.3 Å². The van der Waals surface area contributed by atoms with Crippen LogP contribution in [0.5, 0.6) is 0 Å². The lowest BCUT2D eigenvalue weighted by Gasteiger charge is -2.01. The van der Waals surface area contributed by atoms with Gasteiger partial charge in [-0.25, -0.2) is 9.18 Å². The van der Waals surface area contributed by atoms with Crippen LogP contribution in [0.4, 0.5) is 4.39 Å². The minimum Gasteiger partial charge on any atom is -0.478 e. The van der Waals surface area contributed by atoms with Gasteiger partial charge in [0.1, 0.15) is 5.83 Å². The Morgan fingerprint density at radius 2 is 1.90 bits per heavy atom. The molecule has 0 aromatic carbocycles. The second-order valence-electron chi connectivity index (χ2n) is 2.43. The smallest absolute Gasteiger partial charge is 0.333 e. The van der Waals surface area contributed by atoms with Gasteiger partial charge in [0.2, 0.25) is 0 Å². The summed E-state index contributed by atoms with van der Waals surface area (Å²) in [7, 11) is 0. The number of rotatable bonds is 2. The lowest BCUT2D eigenvalue weighted by Crippen LogP contribution is -2.02. The van der Waals surface area contributed by atoms with Crippen molar-refractivity contribution in [1.82, 2.24) is 0 Å². The predicted octanol–water partition coefficient (Wildman–Crippen LogP) is 1.97. The molecule has 0 atom stereocenters. The fraction of sp³-hybridized carbons (Fsp3) is 0.571. The van der Waals surface area contributed by atoms with Crippen LogP contribution < -0.4 is 0 Å². The van der Waals surface area contributed by atoms with Crippen LogP contribution in [0.2, 0.25) is 0 Å². The Kier molecular flexibility index (Phi) is 3.06. The van der Waals surface area contributed by atoms with E-state index < -0.39 is 11.8 Å². The number of carbonyl (C=O) groups is 1. The normalized spacial score (nSPS) is 13.3. The Balaban J connectivity index is 4.50. The zero-order valence-electron chi connectivity index (χ0n) is 6.31. The molecule has 0 radical (unpaired) electrons. The molecule has 0 spiro atoms. The van der Waals surface area contributed by atoms with Crippen molar-refractivity contribution in [1.29, 1.82) is 0 Å². The Bertz CT molecular complexity index is 170. The number of carboxylic acids is 1. The van der Waals surface area contributed by atoms with Crippen LogP contribution >= 0.6 is 0 Å². The minimum atomic E-state index is -1.19. The monoisotopic (exact) mass is 146 g/mol. The van der Waals surface area contributed by atoms with E-state index in [0.717, 1.165) is 0 Å². The third kappa shape index (κ3) is 2.17. The molecule has 2 nitrogen and oxygen atoms in total. The van der Waals surface area contributed by atoms with Gasteiger partial charge < -0.3 is 5.11 Å². The molecule has 0 heterocycles. The van der Waals surface area contributed by atoms with E-state index in [1.807, 2.05) is 0 Å². The molecule has 3 heteroatoms. The van der Waals surface area contributed by atoms with Gasteiger partial charge in [-0.1, -0.05) is 13.8 Å². The maximum absolute atomic E-state index is 12.7. The molecule has 58 valence electrons. The largest absolute Gasteiger partial charge is 0.478 e. The lowest BCUT2D eigenvalue weighted by molar-refractivity contribution is -0.132. The van der Waals surface area contributed by atoms with Gasteiger partial charge >= 0.3 is 5.97 Å². The van der Waals surface area contributed by atoms with Crippen molar-refractivity contribution >= 4 is 5.97 Å². The van der Waals surface area contributed by atoms with Crippen LogP contribution in [-0.2, 0) is 4.79 Å². The van der Waals surface area contributed by atoms with E-state index >= 15 is 0 Å². The van der Waals surface area contributed by atoms with Gasteiger partial charge in [-0.05, 0) is 6.92 Å². The van der Waals surface area contributed by atoms with Crippen molar-refractivity contribution in [3.05, 3.63) is 11.4 Å². The van der Waals surface area contributed by atoms with Crippen LogP contribution in [0.25, 0.3) is 0 Å². The van der Waals surface area contributed by atoms with Gasteiger partial charge in [0, 0.05) is 5.92 Å². The molecule has 0 saturated carbocycles. The third-order valence-electron chi connectivity index (χ3n) is 1.19. The maximum atomic E-state index is 12.7. The molecule has 0 saturated heterocycles. The van der Waals surface area contributed by atoms with Crippen molar-refractivity contribution in [3.8, 4) is 0 Å². The average Bonchev–Trinajstić information content (AvgIpc) is 1.84. The minimum absolute atomic E-state index is 0.199. The van der Waals surface area contributed by atoms with Crippen LogP contribution in [0.15, 0.2) is 11.4 Å². The second-order valence-corrected chi connectivity index (χ2v) is 2.43. The van der Waals surface area contributed by atoms with Gasteiger partial charge in [-0.2, -0.15) is 0 Å². The highest BCUT2D eigenvalue weighted by Gasteiger charge is 2.11. The van der Waals surface area contributed by atoms with Crippen LogP contribution in [-0.4, -0.2) is 11.1 Å². The number of allylic oxidation sites excluding steroid dienone is 1. The van der Waals surface area contributed by atoms with E-state index in [-0.39, 0.29) is 11.5 Å². The number of halogens is 1. The van der Waals surface area contributed by atoms with E-state index in [0.29, 0.717) is 0 Å². The summed E-state index contributed by atoms with van der Waals surface area (Å²) in [6.07, 6.45) is 0. The Morgan fingerprint density at radius 3 is 2.00 bits per heavy atom. The molecule has 0 amide bonds. The molecule has 0 aliphatic heterocycles.